The molecule has 2 aromatic heterocycles. The van der Waals surface area contributed by atoms with Gasteiger partial charge in [-0.2, -0.15) is 0 Å². The minimum absolute atomic E-state index is 0.186. The highest BCUT2D eigenvalue weighted by Crippen LogP contribution is 2.22. The number of benzene rings is 1. The van der Waals surface area contributed by atoms with Crippen LogP contribution >= 0.6 is 11.3 Å². The molecule has 19 heavy (non-hydrogen) atoms. The molecule has 0 spiro atoms. The molecule has 6 heteroatoms. The van der Waals surface area contributed by atoms with Crippen LogP contribution in [0.1, 0.15) is 16.1 Å². The molecule has 1 aromatic carbocycles. The highest BCUT2D eigenvalue weighted by molar-refractivity contribution is 7.16. The first-order valence-corrected chi connectivity index (χ1v) is 6.49. The zero-order valence-corrected chi connectivity index (χ0v) is 10.6. The molecule has 2 heterocycles. The van der Waals surface area contributed by atoms with Gasteiger partial charge in [0.1, 0.15) is 11.3 Å². The zero-order chi connectivity index (χ0) is 13.2. The molecule has 3 rings (SSSR count). The molecule has 5 nitrogen and oxygen atoms in total. The minimum Gasteiger partial charge on any atom is -0.478 e. The lowest BCUT2D eigenvalue weighted by Crippen LogP contribution is -2.04. The predicted molar refractivity (Wildman–Crippen MR) is 72.6 cm³/mol. The molecule has 0 saturated heterocycles. The van der Waals surface area contributed by atoms with Gasteiger partial charge >= 0.3 is 5.97 Å². The van der Waals surface area contributed by atoms with Gasteiger partial charge in [0.15, 0.2) is 0 Å². The highest BCUT2D eigenvalue weighted by atomic mass is 32.1. The number of fused-ring (bicyclic) bond motifs is 1. The molecule has 0 aliphatic rings. The number of aromatic carboxylic acids is 1. The van der Waals surface area contributed by atoms with E-state index < -0.39 is 5.97 Å². The first kappa shape index (κ1) is 11.7. The molecular weight excluding hydrogens is 264 g/mol. The molecule has 3 aromatic rings. The van der Waals surface area contributed by atoms with Crippen LogP contribution in [0.5, 0.6) is 0 Å². The lowest BCUT2D eigenvalue weighted by atomic mass is 10.2. The number of nitrogens with one attached hydrogen (secondary N) is 1. The number of carboxylic acids is 1. The van der Waals surface area contributed by atoms with Crippen LogP contribution in [-0.4, -0.2) is 16.1 Å². The number of carboxylic acid groups (broad SMARTS) is 1. The number of carbonyl (C=O) groups is 1. The molecule has 0 aliphatic carbocycles. The fourth-order valence-corrected chi connectivity index (χ4v) is 2.53. The molecule has 0 saturated carbocycles. The quantitative estimate of drug-likeness (QED) is 0.764. The number of aromatic nitrogens is 1. The van der Waals surface area contributed by atoms with E-state index in [2.05, 4.69) is 10.3 Å². The molecule has 0 radical (unpaired) electrons. The van der Waals surface area contributed by atoms with Crippen molar-refractivity contribution in [3.05, 3.63) is 47.4 Å². The summed E-state index contributed by atoms with van der Waals surface area (Å²) in [7, 11) is 0. The van der Waals surface area contributed by atoms with E-state index in [0.717, 1.165) is 15.9 Å². The van der Waals surface area contributed by atoms with E-state index in [1.54, 1.807) is 16.8 Å². The van der Waals surface area contributed by atoms with Gasteiger partial charge in [-0.05, 0) is 24.3 Å². The van der Waals surface area contributed by atoms with Crippen molar-refractivity contribution >= 4 is 33.2 Å². The maximum atomic E-state index is 10.9. The van der Waals surface area contributed by atoms with Gasteiger partial charge in [-0.15, -0.1) is 11.3 Å². The van der Waals surface area contributed by atoms with E-state index in [1.165, 1.54) is 12.3 Å². The average Bonchev–Trinajstić information content (AvgIpc) is 3.04. The van der Waals surface area contributed by atoms with Gasteiger partial charge in [-0.3, -0.25) is 0 Å². The molecule has 0 unspecified atom stereocenters. The van der Waals surface area contributed by atoms with Crippen molar-refractivity contribution in [2.45, 2.75) is 6.54 Å². The topological polar surface area (TPSA) is 75.4 Å². The Labute approximate surface area is 112 Å². The monoisotopic (exact) mass is 274 g/mol. The van der Waals surface area contributed by atoms with Gasteiger partial charge in [0.25, 0.3) is 0 Å². The first-order valence-electron chi connectivity index (χ1n) is 5.61. The summed E-state index contributed by atoms with van der Waals surface area (Å²) in [5, 5.41) is 12.1. The van der Waals surface area contributed by atoms with Gasteiger partial charge in [0.2, 0.25) is 0 Å². The van der Waals surface area contributed by atoms with E-state index in [1.807, 2.05) is 18.2 Å². The summed E-state index contributed by atoms with van der Waals surface area (Å²) in [6.45, 7) is 0.332. The number of anilines is 1. The Hall–Kier alpha value is -2.34. The molecule has 2 N–H and O–H groups in total. The number of thiazole rings is 1. The van der Waals surface area contributed by atoms with E-state index in [0.29, 0.717) is 12.3 Å². The molecule has 0 fully saturated rings. The number of hydrogen-bond donors (Lipinski definition) is 2. The standard InChI is InChI=1S/C13H10N2O3S/c16-13(17)9-3-4-18-11(9)6-14-8-1-2-10-12(5-8)19-7-15-10/h1-5,7,14H,6H2,(H,16,17). The van der Waals surface area contributed by atoms with Crippen LogP contribution in [-0.2, 0) is 6.54 Å². The third-order valence-electron chi connectivity index (χ3n) is 2.76. The third kappa shape index (κ3) is 2.30. The lowest BCUT2D eigenvalue weighted by Gasteiger charge is -2.05. The predicted octanol–water partition coefficient (Wildman–Crippen LogP) is 3.20. The largest absolute Gasteiger partial charge is 0.478 e. The molecule has 0 amide bonds. The van der Waals surface area contributed by atoms with Crippen LogP contribution in [0.4, 0.5) is 5.69 Å². The van der Waals surface area contributed by atoms with Crippen LogP contribution in [0.2, 0.25) is 0 Å². The normalized spacial score (nSPS) is 10.7. The second-order valence-electron chi connectivity index (χ2n) is 3.95. The van der Waals surface area contributed by atoms with E-state index >= 15 is 0 Å². The maximum Gasteiger partial charge on any atom is 0.339 e. The average molecular weight is 274 g/mol. The minimum atomic E-state index is -0.983. The Morgan fingerprint density at radius 1 is 1.42 bits per heavy atom. The van der Waals surface area contributed by atoms with Gasteiger partial charge in [-0.1, -0.05) is 0 Å². The van der Waals surface area contributed by atoms with E-state index in [9.17, 15) is 4.79 Å². The number of rotatable bonds is 4. The van der Waals surface area contributed by atoms with Crippen molar-refractivity contribution in [2.24, 2.45) is 0 Å². The summed E-state index contributed by atoms with van der Waals surface area (Å²) in [4.78, 5) is 15.1. The summed E-state index contributed by atoms with van der Waals surface area (Å²) in [5.74, 6) is -0.569. The van der Waals surface area contributed by atoms with Crippen LogP contribution in [0.15, 0.2) is 40.5 Å². The Morgan fingerprint density at radius 3 is 3.16 bits per heavy atom. The van der Waals surface area contributed by atoms with Gasteiger partial charge in [0, 0.05) is 5.69 Å². The zero-order valence-electron chi connectivity index (χ0n) is 9.79. The second kappa shape index (κ2) is 4.74. The molecule has 0 atom stereocenters. The summed E-state index contributed by atoms with van der Waals surface area (Å²) >= 11 is 1.56. The molecule has 0 aliphatic heterocycles. The van der Waals surface area contributed by atoms with Crippen molar-refractivity contribution in [3.63, 3.8) is 0 Å². The second-order valence-corrected chi connectivity index (χ2v) is 4.84. The lowest BCUT2D eigenvalue weighted by molar-refractivity contribution is 0.0694. The number of hydrogen-bond acceptors (Lipinski definition) is 5. The fraction of sp³-hybridized carbons (Fsp3) is 0.0769. The van der Waals surface area contributed by atoms with Gasteiger partial charge < -0.3 is 14.8 Å². The molecule has 96 valence electrons. The van der Waals surface area contributed by atoms with Crippen molar-refractivity contribution in [2.75, 3.05) is 5.32 Å². The van der Waals surface area contributed by atoms with E-state index in [4.69, 9.17) is 9.52 Å². The number of furan rings is 1. The number of nitrogens with zero attached hydrogens (tertiary/aromatic N) is 1. The molecule has 0 bridgehead atoms. The summed E-state index contributed by atoms with van der Waals surface area (Å²) in [6, 6.07) is 7.27. The summed E-state index contributed by atoms with van der Waals surface area (Å²) < 4.78 is 6.25. The van der Waals surface area contributed by atoms with Crippen LogP contribution in [0.3, 0.4) is 0 Å². The SMILES string of the molecule is O=C(O)c1ccoc1CNc1ccc2ncsc2c1. The van der Waals surface area contributed by atoms with Gasteiger partial charge in [0.05, 0.1) is 28.5 Å². The van der Waals surface area contributed by atoms with Crippen molar-refractivity contribution in [1.29, 1.82) is 0 Å². The van der Waals surface area contributed by atoms with E-state index in [-0.39, 0.29) is 5.56 Å². The van der Waals surface area contributed by atoms with Crippen LogP contribution < -0.4 is 5.32 Å². The Morgan fingerprint density at radius 2 is 2.32 bits per heavy atom. The highest BCUT2D eigenvalue weighted by Gasteiger charge is 2.12. The Bertz CT molecular complexity index is 732. The summed E-state index contributed by atoms with van der Waals surface area (Å²) in [5.41, 5.74) is 3.85. The smallest absolute Gasteiger partial charge is 0.339 e. The molecular formula is C13H10N2O3S. The Kier molecular flexibility index (Phi) is 2.92. The van der Waals surface area contributed by atoms with Crippen LogP contribution in [0, 0.1) is 0 Å². The first-order chi connectivity index (χ1) is 9.24. The summed E-state index contributed by atoms with van der Waals surface area (Å²) in [6.07, 6.45) is 1.38. The Balaban J connectivity index is 1.78. The third-order valence-corrected chi connectivity index (χ3v) is 3.55. The van der Waals surface area contributed by atoms with Crippen molar-refractivity contribution < 1.29 is 14.3 Å². The van der Waals surface area contributed by atoms with Crippen molar-refractivity contribution in [1.82, 2.24) is 4.98 Å². The van der Waals surface area contributed by atoms with Gasteiger partial charge in [-0.25, -0.2) is 9.78 Å². The fourth-order valence-electron chi connectivity index (χ4n) is 1.82. The van der Waals surface area contributed by atoms with Crippen LogP contribution in [0.25, 0.3) is 10.2 Å². The maximum absolute atomic E-state index is 10.9. The van der Waals surface area contributed by atoms with Crippen molar-refractivity contribution in [3.8, 4) is 0 Å².